The van der Waals surface area contributed by atoms with Gasteiger partial charge in [-0.1, -0.05) is 41.9 Å². The van der Waals surface area contributed by atoms with Gasteiger partial charge in [0.05, 0.1) is 11.9 Å². The van der Waals surface area contributed by atoms with E-state index in [9.17, 15) is 18.0 Å². The summed E-state index contributed by atoms with van der Waals surface area (Å²) in [4.78, 5) is 27.6. The fraction of sp³-hybridized carbons (Fsp3) is 0.417. The van der Waals surface area contributed by atoms with E-state index in [4.69, 9.17) is 11.6 Å². The number of benzene rings is 2. The number of hydrogen-bond acceptors (Lipinski definition) is 4. The zero-order chi connectivity index (χ0) is 24.8. The molecule has 0 aliphatic rings. The Balaban J connectivity index is 2.34. The summed E-state index contributed by atoms with van der Waals surface area (Å²) in [7, 11) is -3.77. The molecule has 0 aliphatic heterocycles. The Labute approximate surface area is 201 Å². The van der Waals surface area contributed by atoms with E-state index in [-0.39, 0.29) is 18.5 Å². The molecule has 0 aliphatic carbocycles. The second-order valence-corrected chi connectivity index (χ2v) is 10.7. The van der Waals surface area contributed by atoms with Gasteiger partial charge < -0.3 is 10.2 Å². The van der Waals surface area contributed by atoms with E-state index in [2.05, 4.69) is 5.32 Å². The zero-order valence-electron chi connectivity index (χ0n) is 19.7. The van der Waals surface area contributed by atoms with Crippen LogP contribution in [0.4, 0.5) is 5.69 Å². The summed E-state index contributed by atoms with van der Waals surface area (Å²) >= 11 is 6.02. The third-order valence-corrected chi connectivity index (χ3v) is 6.55. The molecule has 2 aromatic carbocycles. The third kappa shape index (κ3) is 7.75. The van der Waals surface area contributed by atoms with Crippen molar-refractivity contribution >= 4 is 39.1 Å². The molecule has 0 saturated carbocycles. The van der Waals surface area contributed by atoms with E-state index in [1.165, 1.54) is 4.90 Å². The topological polar surface area (TPSA) is 86.8 Å². The number of aryl methyl sites for hydroxylation is 1. The van der Waals surface area contributed by atoms with Crippen LogP contribution >= 0.6 is 11.6 Å². The van der Waals surface area contributed by atoms with Gasteiger partial charge in [-0.3, -0.25) is 13.9 Å². The van der Waals surface area contributed by atoms with Crippen LogP contribution in [0.1, 0.15) is 31.9 Å². The first kappa shape index (κ1) is 26.7. The first-order valence-electron chi connectivity index (χ1n) is 10.8. The molecule has 0 fully saturated rings. The number of nitrogens with one attached hydrogen (secondary N) is 1. The van der Waals surface area contributed by atoms with Gasteiger partial charge in [0.25, 0.3) is 0 Å². The number of carbonyl (C=O) groups excluding carboxylic acids is 2. The van der Waals surface area contributed by atoms with E-state index < -0.39 is 28.5 Å². The smallest absolute Gasteiger partial charge is 0.244 e. The molecule has 7 nitrogen and oxygen atoms in total. The first-order valence-corrected chi connectivity index (χ1v) is 13.0. The van der Waals surface area contributed by atoms with Crippen molar-refractivity contribution in [2.45, 2.75) is 46.2 Å². The summed E-state index contributed by atoms with van der Waals surface area (Å²) in [6.45, 7) is 6.92. The van der Waals surface area contributed by atoms with Gasteiger partial charge in [-0.05, 0) is 63.4 Å². The maximum absolute atomic E-state index is 13.4. The highest BCUT2D eigenvalue weighted by Crippen LogP contribution is 2.26. The lowest BCUT2D eigenvalue weighted by Gasteiger charge is -2.32. The molecule has 0 spiro atoms. The van der Waals surface area contributed by atoms with Crippen molar-refractivity contribution in [1.29, 1.82) is 0 Å². The Morgan fingerprint density at radius 2 is 1.70 bits per heavy atom. The van der Waals surface area contributed by atoms with Gasteiger partial charge in [-0.15, -0.1) is 0 Å². The van der Waals surface area contributed by atoms with Crippen molar-refractivity contribution in [1.82, 2.24) is 10.2 Å². The number of carbonyl (C=O) groups is 2. The van der Waals surface area contributed by atoms with Gasteiger partial charge in [-0.2, -0.15) is 0 Å². The second-order valence-electron chi connectivity index (χ2n) is 8.36. The molecule has 2 amide bonds. The summed E-state index contributed by atoms with van der Waals surface area (Å²) in [6, 6.07) is 13.6. The van der Waals surface area contributed by atoms with E-state index in [1.807, 2.05) is 44.2 Å². The number of nitrogens with zero attached hydrogens (tertiary/aromatic N) is 2. The van der Waals surface area contributed by atoms with E-state index >= 15 is 0 Å². The molecular formula is C24H32ClN3O4S. The molecule has 0 aromatic heterocycles. The van der Waals surface area contributed by atoms with E-state index in [0.717, 1.165) is 16.1 Å². The van der Waals surface area contributed by atoms with Crippen molar-refractivity contribution in [3.05, 3.63) is 64.7 Å². The average molecular weight is 494 g/mol. The minimum atomic E-state index is -3.77. The number of anilines is 1. The SMILES string of the molecule is Cc1cc(Cl)ccc1N(CC(=O)N(CCc1ccccc1)[C@H](C)C(=O)NC(C)C)S(C)(=O)=O. The van der Waals surface area contributed by atoms with Crippen LogP contribution in [0.3, 0.4) is 0 Å². The Morgan fingerprint density at radius 3 is 2.24 bits per heavy atom. The van der Waals surface area contributed by atoms with Gasteiger partial charge in [-0.25, -0.2) is 8.42 Å². The van der Waals surface area contributed by atoms with Crippen LogP contribution in [0.5, 0.6) is 0 Å². The maximum Gasteiger partial charge on any atom is 0.244 e. The fourth-order valence-corrected chi connectivity index (χ4v) is 4.60. The fourth-order valence-electron chi connectivity index (χ4n) is 3.47. The van der Waals surface area contributed by atoms with Gasteiger partial charge in [0.2, 0.25) is 21.8 Å². The zero-order valence-corrected chi connectivity index (χ0v) is 21.3. The normalized spacial score (nSPS) is 12.3. The van der Waals surface area contributed by atoms with Crippen LogP contribution < -0.4 is 9.62 Å². The van der Waals surface area contributed by atoms with Crippen LogP contribution in [0, 0.1) is 6.92 Å². The van der Waals surface area contributed by atoms with Crippen LogP contribution in [0.15, 0.2) is 48.5 Å². The molecule has 0 radical (unpaired) electrons. The van der Waals surface area contributed by atoms with Crippen LogP contribution in [-0.4, -0.2) is 56.6 Å². The molecule has 9 heteroatoms. The Hall–Kier alpha value is -2.58. The largest absolute Gasteiger partial charge is 0.352 e. The van der Waals surface area contributed by atoms with Gasteiger partial charge in [0.1, 0.15) is 12.6 Å². The lowest BCUT2D eigenvalue weighted by atomic mass is 10.1. The molecule has 2 aromatic rings. The first-order chi connectivity index (χ1) is 15.4. The minimum Gasteiger partial charge on any atom is -0.352 e. The number of halogens is 1. The van der Waals surface area contributed by atoms with Crippen molar-refractivity contribution in [3.8, 4) is 0 Å². The predicted octanol–water partition coefficient (Wildman–Crippen LogP) is 3.40. The Morgan fingerprint density at radius 1 is 1.06 bits per heavy atom. The van der Waals surface area contributed by atoms with Gasteiger partial charge in [0, 0.05) is 17.6 Å². The summed E-state index contributed by atoms with van der Waals surface area (Å²) in [5.41, 5.74) is 2.01. The lowest BCUT2D eigenvalue weighted by molar-refractivity contribution is -0.139. The molecule has 180 valence electrons. The lowest BCUT2D eigenvalue weighted by Crippen LogP contribution is -2.53. The van der Waals surface area contributed by atoms with Crippen LogP contribution in [0.2, 0.25) is 5.02 Å². The molecule has 33 heavy (non-hydrogen) atoms. The summed E-state index contributed by atoms with van der Waals surface area (Å²) in [5, 5.41) is 3.30. The summed E-state index contributed by atoms with van der Waals surface area (Å²) in [5.74, 6) is -0.753. The quantitative estimate of drug-likeness (QED) is 0.549. The number of sulfonamides is 1. The molecule has 0 saturated heterocycles. The van der Waals surface area contributed by atoms with Crippen molar-refractivity contribution in [3.63, 3.8) is 0 Å². The Bertz CT molecular complexity index is 1070. The van der Waals surface area contributed by atoms with Crippen molar-refractivity contribution < 1.29 is 18.0 Å². The predicted molar refractivity (Wildman–Crippen MR) is 133 cm³/mol. The second kappa shape index (κ2) is 11.5. The maximum atomic E-state index is 13.4. The highest BCUT2D eigenvalue weighted by molar-refractivity contribution is 7.92. The van der Waals surface area contributed by atoms with Crippen molar-refractivity contribution in [2.75, 3.05) is 23.7 Å². The molecular weight excluding hydrogens is 462 g/mol. The summed E-state index contributed by atoms with van der Waals surface area (Å²) < 4.78 is 26.3. The summed E-state index contributed by atoms with van der Waals surface area (Å²) in [6.07, 6.45) is 1.59. The van der Waals surface area contributed by atoms with Crippen molar-refractivity contribution in [2.24, 2.45) is 0 Å². The van der Waals surface area contributed by atoms with Crippen LogP contribution in [-0.2, 0) is 26.0 Å². The number of rotatable bonds is 10. The average Bonchev–Trinajstić information content (AvgIpc) is 2.72. The van der Waals surface area contributed by atoms with E-state index in [0.29, 0.717) is 22.7 Å². The van der Waals surface area contributed by atoms with Crippen LogP contribution in [0.25, 0.3) is 0 Å². The number of amides is 2. The minimum absolute atomic E-state index is 0.0877. The van der Waals surface area contributed by atoms with Gasteiger partial charge in [0.15, 0.2) is 0 Å². The molecule has 0 unspecified atom stereocenters. The highest BCUT2D eigenvalue weighted by atomic mass is 35.5. The number of hydrogen-bond donors (Lipinski definition) is 1. The van der Waals surface area contributed by atoms with Gasteiger partial charge >= 0.3 is 0 Å². The van der Waals surface area contributed by atoms with E-state index in [1.54, 1.807) is 32.0 Å². The molecule has 1 N–H and O–H groups in total. The molecule has 0 heterocycles. The Kier molecular flexibility index (Phi) is 9.31. The standard InChI is InChI=1S/C24H32ClN3O4S/c1-17(2)26-24(30)19(4)27(14-13-20-9-7-6-8-10-20)23(29)16-28(33(5,31)32)22-12-11-21(25)15-18(22)3/h6-12,15,17,19H,13-14,16H2,1-5H3,(H,26,30)/t19-/m1/s1. The molecule has 0 bridgehead atoms. The molecule has 1 atom stereocenters. The molecule has 2 rings (SSSR count). The monoisotopic (exact) mass is 493 g/mol. The highest BCUT2D eigenvalue weighted by Gasteiger charge is 2.30. The third-order valence-electron chi connectivity index (χ3n) is 5.19.